The van der Waals surface area contributed by atoms with Crippen molar-refractivity contribution in [3.05, 3.63) is 0 Å². The molecule has 13 heavy (non-hydrogen) atoms. The van der Waals surface area contributed by atoms with Crippen LogP contribution in [0.4, 0.5) is 0 Å². The van der Waals surface area contributed by atoms with Crippen molar-refractivity contribution in [2.45, 2.75) is 52.6 Å². The molecule has 1 atom stereocenters. The number of nitrogens with zero attached hydrogens (tertiary/aromatic N) is 1. The molecule has 0 bridgehead atoms. The predicted molar refractivity (Wildman–Crippen MR) is 57.7 cm³/mol. The monoisotopic (exact) mass is 184 g/mol. The van der Waals surface area contributed by atoms with Gasteiger partial charge in [0.25, 0.3) is 0 Å². The Bertz CT molecular complexity index is 179. The maximum Gasteiger partial charge on any atom is 0.0125 e. The first-order valence-electron chi connectivity index (χ1n) is 5.24. The van der Waals surface area contributed by atoms with Crippen LogP contribution in [0.5, 0.6) is 0 Å². The number of piperidine rings is 1. The smallest absolute Gasteiger partial charge is 0.0125 e. The molecule has 0 radical (unpaired) electrons. The second-order valence-electron chi connectivity index (χ2n) is 5.98. The number of hydrogen-bond acceptors (Lipinski definition) is 2. The highest BCUT2D eigenvalue weighted by Gasteiger charge is 2.36. The first-order chi connectivity index (χ1) is 5.73. The standard InChI is InChI=1S/C11H24N2/c1-10(2,3)13-7-6-9(12)11(4,5)8-13/h9H,6-8,12H2,1-5H3. The summed E-state index contributed by atoms with van der Waals surface area (Å²) in [6.07, 6.45) is 1.13. The maximum absolute atomic E-state index is 6.09. The van der Waals surface area contributed by atoms with Crippen LogP contribution in [0.15, 0.2) is 0 Å². The van der Waals surface area contributed by atoms with Crippen molar-refractivity contribution in [2.24, 2.45) is 11.1 Å². The van der Waals surface area contributed by atoms with E-state index in [0.29, 0.717) is 6.04 Å². The zero-order valence-corrected chi connectivity index (χ0v) is 9.72. The lowest BCUT2D eigenvalue weighted by molar-refractivity contribution is 0.0301. The average molecular weight is 184 g/mol. The normalized spacial score (nSPS) is 30.5. The molecule has 1 fully saturated rings. The number of nitrogens with two attached hydrogens (primary N) is 1. The molecule has 0 amide bonds. The molecule has 1 saturated heterocycles. The van der Waals surface area contributed by atoms with E-state index in [1.807, 2.05) is 0 Å². The van der Waals surface area contributed by atoms with Crippen LogP contribution in [-0.2, 0) is 0 Å². The molecule has 0 aromatic heterocycles. The minimum absolute atomic E-state index is 0.269. The lowest BCUT2D eigenvalue weighted by Gasteiger charge is -2.48. The Kier molecular flexibility index (Phi) is 2.75. The van der Waals surface area contributed by atoms with Gasteiger partial charge in [0.15, 0.2) is 0 Å². The molecule has 1 rings (SSSR count). The molecule has 0 saturated carbocycles. The van der Waals surface area contributed by atoms with Crippen molar-refractivity contribution in [3.8, 4) is 0 Å². The summed E-state index contributed by atoms with van der Waals surface area (Å²) in [7, 11) is 0. The van der Waals surface area contributed by atoms with Gasteiger partial charge in [-0.25, -0.2) is 0 Å². The molecule has 1 aliphatic rings. The molecule has 0 aromatic rings. The van der Waals surface area contributed by atoms with Gasteiger partial charge in [-0.3, -0.25) is 4.90 Å². The van der Waals surface area contributed by atoms with Gasteiger partial charge in [0.2, 0.25) is 0 Å². The Morgan fingerprint density at radius 2 is 1.85 bits per heavy atom. The Morgan fingerprint density at radius 1 is 1.31 bits per heavy atom. The van der Waals surface area contributed by atoms with Gasteiger partial charge in [-0.1, -0.05) is 13.8 Å². The average Bonchev–Trinajstić information content (AvgIpc) is 1.92. The molecule has 2 heteroatoms. The van der Waals surface area contributed by atoms with E-state index < -0.39 is 0 Å². The number of rotatable bonds is 0. The van der Waals surface area contributed by atoms with Crippen LogP contribution in [-0.4, -0.2) is 29.6 Å². The third-order valence-corrected chi connectivity index (χ3v) is 3.26. The molecule has 0 spiro atoms. The van der Waals surface area contributed by atoms with Gasteiger partial charge in [0, 0.05) is 24.7 Å². The van der Waals surface area contributed by atoms with Gasteiger partial charge >= 0.3 is 0 Å². The van der Waals surface area contributed by atoms with E-state index in [2.05, 4.69) is 39.5 Å². The largest absolute Gasteiger partial charge is 0.327 e. The van der Waals surface area contributed by atoms with Crippen LogP contribution in [0.2, 0.25) is 0 Å². The summed E-state index contributed by atoms with van der Waals surface area (Å²) in [6, 6.07) is 0.367. The molecule has 0 aliphatic carbocycles. The van der Waals surface area contributed by atoms with E-state index in [9.17, 15) is 0 Å². The fraction of sp³-hybridized carbons (Fsp3) is 1.00. The minimum atomic E-state index is 0.269. The molecule has 1 unspecified atom stereocenters. The van der Waals surface area contributed by atoms with Crippen molar-refractivity contribution in [2.75, 3.05) is 13.1 Å². The van der Waals surface area contributed by atoms with Crippen LogP contribution >= 0.6 is 0 Å². The minimum Gasteiger partial charge on any atom is -0.327 e. The van der Waals surface area contributed by atoms with Gasteiger partial charge < -0.3 is 5.73 Å². The maximum atomic E-state index is 6.09. The molecule has 78 valence electrons. The quantitative estimate of drug-likeness (QED) is 0.622. The first kappa shape index (κ1) is 11.0. The van der Waals surface area contributed by atoms with Crippen molar-refractivity contribution >= 4 is 0 Å². The van der Waals surface area contributed by atoms with Crippen LogP contribution in [0.25, 0.3) is 0 Å². The van der Waals surface area contributed by atoms with Crippen LogP contribution < -0.4 is 5.73 Å². The van der Waals surface area contributed by atoms with E-state index in [1.54, 1.807) is 0 Å². The van der Waals surface area contributed by atoms with Crippen molar-refractivity contribution < 1.29 is 0 Å². The zero-order valence-electron chi connectivity index (χ0n) is 9.72. The van der Waals surface area contributed by atoms with Gasteiger partial charge in [0.05, 0.1) is 0 Å². The molecule has 1 heterocycles. The first-order valence-corrected chi connectivity index (χ1v) is 5.24. The Morgan fingerprint density at radius 3 is 2.23 bits per heavy atom. The summed E-state index contributed by atoms with van der Waals surface area (Å²) in [6.45, 7) is 13.6. The number of likely N-dealkylation sites (tertiary alicyclic amines) is 1. The van der Waals surface area contributed by atoms with Crippen molar-refractivity contribution in [3.63, 3.8) is 0 Å². The highest BCUT2D eigenvalue weighted by Crippen LogP contribution is 2.31. The third-order valence-electron chi connectivity index (χ3n) is 3.26. The summed E-state index contributed by atoms with van der Waals surface area (Å²) in [5, 5.41) is 0. The molecule has 0 aromatic carbocycles. The fourth-order valence-electron chi connectivity index (χ4n) is 1.95. The van der Waals surface area contributed by atoms with Crippen LogP contribution in [0, 0.1) is 5.41 Å². The van der Waals surface area contributed by atoms with Crippen LogP contribution in [0.1, 0.15) is 41.0 Å². The molecular formula is C11H24N2. The third kappa shape index (κ3) is 2.44. The zero-order chi connectivity index (χ0) is 10.3. The van der Waals surface area contributed by atoms with E-state index in [0.717, 1.165) is 19.5 Å². The lowest BCUT2D eigenvalue weighted by Crippen LogP contribution is -2.57. The Balaban J connectivity index is 2.66. The van der Waals surface area contributed by atoms with Crippen LogP contribution in [0.3, 0.4) is 0 Å². The highest BCUT2D eigenvalue weighted by molar-refractivity contribution is 4.93. The Hall–Kier alpha value is -0.0800. The molecule has 1 aliphatic heterocycles. The summed E-state index contributed by atoms with van der Waals surface area (Å²) >= 11 is 0. The van der Waals surface area contributed by atoms with Gasteiger partial charge in [-0.15, -0.1) is 0 Å². The molecular weight excluding hydrogens is 160 g/mol. The van der Waals surface area contributed by atoms with Gasteiger partial charge in [0.1, 0.15) is 0 Å². The van der Waals surface area contributed by atoms with Gasteiger partial charge in [-0.2, -0.15) is 0 Å². The van der Waals surface area contributed by atoms with Crippen molar-refractivity contribution in [1.29, 1.82) is 0 Å². The topological polar surface area (TPSA) is 29.3 Å². The van der Waals surface area contributed by atoms with E-state index in [-0.39, 0.29) is 11.0 Å². The fourth-order valence-corrected chi connectivity index (χ4v) is 1.95. The van der Waals surface area contributed by atoms with Gasteiger partial charge in [-0.05, 0) is 32.6 Å². The highest BCUT2D eigenvalue weighted by atomic mass is 15.2. The second kappa shape index (κ2) is 3.25. The van der Waals surface area contributed by atoms with E-state index >= 15 is 0 Å². The summed E-state index contributed by atoms with van der Waals surface area (Å²) in [4.78, 5) is 2.54. The van der Waals surface area contributed by atoms with E-state index in [1.165, 1.54) is 0 Å². The Labute approximate surface area is 82.5 Å². The number of hydrogen-bond donors (Lipinski definition) is 1. The summed E-state index contributed by atoms with van der Waals surface area (Å²) in [5.74, 6) is 0. The second-order valence-corrected chi connectivity index (χ2v) is 5.98. The van der Waals surface area contributed by atoms with E-state index in [4.69, 9.17) is 5.73 Å². The van der Waals surface area contributed by atoms with Crippen molar-refractivity contribution in [1.82, 2.24) is 4.90 Å². The lowest BCUT2D eigenvalue weighted by atomic mass is 9.78. The predicted octanol–water partition coefficient (Wildman–Crippen LogP) is 1.84. The molecule has 2 N–H and O–H groups in total. The molecule has 2 nitrogen and oxygen atoms in total. The SMILES string of the molecule is CC1(C)CN(C(C)(C)C)CCC1N. The summed E-state index contributed by atoms with van der Waals surface area (Å²) in [5.41, 5.74) is 6.65. The summed E-state index contributed by atoms with van der Waals surface area (Å²) < 4.78 is 0.